The summed E-state index contributed by atoms with van der Waals surface area (Å²) in [6.07, 6.45) is 0. The number of amides is 3. The molecule has 1 aliphatic rings. The minimum absolute atomic E-state index is 0.0526. The molecule has 0 saturated carbocycles. The van der Waals surface area contributed by atoms with Crippen LogP contribution >= 0.6 is 11.6 Å². The molecule has 0 radical (unpaired) electrons. The Morgan fingerprint density at radius 1 is 1.25 bits per heavy atom. The van der Waals surface area contributed by atoms with Crippen LogP contribution in [0.1, 0.15) is 31.1 Å². The van der Waals surface area contributed by atoms with Gasteiger partial charge in [-0.05, 0) is 51.5 Å². The summed E-state index contributed by atoms with van der Waals surface area (Å²) in [6, 6.07) is 5.01. The van der Waals surface area contributed by atoms with Gasteiger partial charge in [0, 0.05) is 5.02 Å². The standard InChI is InChI=1S/C16H18ClN5O2/c1-9-7-11(17)5-6-12(9)22-13(18-10(2)20-22)8-21-14(23)16(3,4)19-15(21)24/h5-7H,8H2,1-4H3,(H,19,24). The first-order valence-corrected chi connectivity index (χ1v) is 7.90. The average molecular weight is 348 g/mol. The summed E-state index contributed by atoms with van der Waals surface area (Å²) >= 11 is 6.01. The zero-order valence-electron chi connectivity index (χ0n) is 13.9. The zero-order chi connectivity index (χ0) is 17.6. The largest absolute Gasteiger partial charge is 0.325 e. The van der Waals surface area contributed by atoms with E-state index in [9.17, 15) is 9.59 Å². The summed E-state index contributed by atoms with van der Waals surface area (Å²) in [5.74, 6) is 0.789. The van der Waals surface area contributed by atoms with Gasteiger partial charge in [0.05, 0.1) is 12.2 Å². The van der Waals surface area contributed by atoms with Gasteiger partial charge in [0.15, 0.2) is 5.82 Å². The van der Waals surface area contributed by atoms with E-state index in [1.165, 1.54) is 0 Å². The van der Waals surface area contributed by atoms with Crippen LogP contribution in [0.15, 0.2) is 18.2 Å². The van der Waals surface area contributed by atoms with E-state index < -0.39 is 11.6 Å². The van der Waals surface area contributed by atoms with E-state index in [0.717, 1.165) is 16.2 Å². The fourth-order valence-electron chi connectivity index (χ4n) is 2.71. The highest BCUT2D eigenvalue weighted by molar-refractivity contribution is 6.30. The van der Waals surface area contributed by atoms with Crippen molar-refractivity contribution in [3.8, 4) is 5.69 Å². The lowest BCUT2D eigenvalue weighted by atomic mass is 10.1. The van der Waals surface area contributed by atoms with Gasteiger partial charge in [0.1, 0.15) is 11.4 Å². The highest BCUT2D eigenvalue weighted by Gasteiger charge is 2.44. The van der Waals surface area contributed by atoms with Crippen molar-refractivity contribution in [2.24, 2.45) is 0 Å². The molecular weight excluding hydrogens is 330 g/mol. The molecular formula is C16H18ClN5O2. The first-order chi connectivity index (χ1) is 11.2. The maximum absolute atomic E-state index is 12.4. The molecule has 1 aromatic heterocycles. The molecule has 1 fully saturated rings. The van der Waals surface area contributed by atoms with Crippen molar-refractivity contribution in [3.05, 3.63) is 40.4 Å². The number of hydrogen-bond donors (Lipinski definition) is 1. The molecule has 1 aromatic carbocycles. The lowest BCUT2D eigenvalue weighted by molar-refractivity contribution is -0.130. The van der Waals surface area contributed by atoms with Gasteiger partial charge in [-0.1, -0.05) is 11.6 Å². The highest BCUT2D eigenvalue weighted by atomic mass is 35.5. The van der Waals surface area contributed by atoms with Crippen LogP contribution in [0.3, 0.4) is 0 Å². The molecule has 0 spiro atoms. The topological polar surface area (TPSA) is 80.1 Å². The number of urea groups is 1. The number of aryl methyl sites for hydroxylation is 2. The van der Waals surface area contributed by atoms with Crippen molar-refractivity contribution in [2.75, 3.05) is 0 Å². The summed E-state index contributed by atoms with van der Waals surface area (Å²) in [5, 5.41) is 7.68. The number of nitrogens with zero attached hydrogens (tertiary/aromatic N) is 4. The monoisotopic (exact) mass is 347 g/mol. The first kappa shape index (κ1) is 16.4. The predicted molar refractivity (Wildman–Crippen MR) is 89.0 cm³/mol. The molecule has 126 valence electrons. The quantitative estimate of drug-likeness (QED) is 0.864. The number of nitrogens with one attached hydrogen (secondary N) is 1. The van der Waals surface area contributed by atoms with Gasteiger partial charge < -0.3 is 5.32 Å². The fourth-order valence-corrected chi connectivity index (χ4v) is 2.94. The molecule has 2 heterocycles. The summed E-state index contributed by atoms with van der Waals surface area (Å²) in [6.45, 7) is 7.08. The van der Waals surface area contributed by atoms with E-state index >= 15 is 0 Å². The lowest BCUT2D eigenvalue weighted by Crippen LogP contribution is -2.40. The Kier molecular flexibility index (Phi) is 3.83. The van der Waals surface area contributed by atoms with Crippen LogP contribution in [-0.2, 0) is 11.3 Å². The molecule has 3 rings (SSSR count). The van der Waals surface area contributed by atoms with Crippen LogP contribution < -0.4 is 5.32 Å². The lowest BCUT2D eigenvalue weighted by Gasteiger charge is -2.16. The van der Waals surface area contributed by atoms with Gasteiger partial charge in [0.2, 0.25) is 0 Å². The molecule has 1 saturated heterocycles. The second kappa shape index (κ2) is 5.59. The smallest absolute Gasteiger partial charge is 0.324 e. The van der Waals surface area contributed by atoms with Gasteiger partial charge in [-0.15, -0.1) is 0 Å². The van der Waals surface area contributed by atoms with Crippen LogP contribution in [0.25, 0.3) is 5.69 Å². The third-order valence-electron chi connectivity index (χ3n) is 3.91. The molecule has 3 amide bonds. The van der Waals surface area contributed by atoms with E-state index in [2.05, 4.69) is 15.4 Å². The SMILES string of the molecule is Cc1nc(CN2C(=O)NC(C)(C)C2=O)n(-c2ccc(Cl)cc2C)n1. The molecule has 24 heavy (non-hydrogen) atoms. The molecule has 1 aliphatic heterocycles. The van der Waals surface area contributed by atoms with E-state index in [0.29, 0.717) is 16.7 Å². The number of hydrogen-bond acceptors (Lipinski definition) is 4. The number of halogens is 1. The minimum Gasteiger partial charge on any atom is -0.324 e. The Balaban J connectivity index is 1.99. The van der Waals surface area contributed by atoms with Crippen molar-refractivity contribution in [3.63, 3.8) is 0 Å². The predicted octanol–water partition coefficient (Wildman–Crippen LogP) is 2.37. The van der Waals surface area contributed by atoms with Gasteiger partial charge in [-0.25, -0.2) is 14.5 Å². The Morgan fingerprint density at radius 2 is 1.96 bits per heavy atom. The maximum atomic E-state index is 12.4. The third-order valence-corrected chi connectivity index (χ3v) is 4.15. The zero-order valence-corrected chi connectivity index (χ0v) is 14.7. The Bertz CT molecular complexity index is 843. The summed E-state index contributed by atoms with van der Waals surface area (Å²) < 4.78 is 1.65. The van der Waals surface area contributed by atoms with Crippen molar-refractivity contribution in [1.82, 2.24) is 25.0 Å². The van der Waals surface area contributed by atoms with Crippen molar-refractivity contribution >= 4 is 23.5 Å². The van der Waals surface area contributed by atoms with Crippen LogP contribution in [0.5, 0.6) is 0 Å². The Hall–Kier alpha value is -2.41. The Labute approximate surface area is 144 Å². The molecule has 8 heteroatoms. The second-order valence-corrected chi connectivity index (χ2v) is 6.80. The maximum Gasteiger partial charge on any atom is 0.325 e. The second-order valence-electron chi connectivity index (χ2n) is 6.36. The average Bonchev–Trinajstić information content (AvgIpc) is 2.91. The van der Waals surface area contributed by atoms with E-state index in [1.807, 2.05) is 19.1 Å². The molecule has 0 unspecified atom stereocenters. The summed E-state index contributed by atoms with van der Waals surface area (Å²) in [4.78, 5) is 30.0. The van der Waals surface area contributed by atoms with Gasteiger partial charge >= 0.3 is 6.03 Å². The summed E-state index contributed by atoms with van der Waals surface area (Å²) in [5.41, 5.74) is 0.820. The van der Waals surface area contributed by atoms with E-state index in [4.69, 9.17) is 11.6 Å². The van der Waals surface area contributed by atoms with Crippen molar-refractivity contribution in [2.45, 2.75) is 39.8 Å². The molecule has 0 aliphatic carbocycles. The van der Waals surface area contributed by atoms with Crippen LogP contribution in [-0.4, -0.2) is 37.1 Å². The van der Waals surface area contributed by atoms with E-state index in [1.54, 1.807) is 31.5 Å². The van der Waals surface area contributed by atoms with Crippen molar-refractivity contribution < 1.29 is 9.59 Å². The number of imide groups is 1. The number of rotatable bonds is 3. The normalized spacial score (nSPS) is 16.6. The Morgan fingerprint density at radius 3 is 2.54 bits per heavy atom. The van der Waals surface area contributed by atoms with Gasteiger partial charge in [-0.3, -0.25) is 9.69 Å². The van der Waals surface area contributed by atoms with Gasteiger partial charge in [-0.2, -0.15) is 5.10 Å². The first-order valence-electron chi connectivity index (χ1n) is 7.52. The molecule has 2 aromatic rings. The third kappa shape index (κ3) is 2.75. The highest BCUT2D eigenvalue weighted by Crippen LogP contribution is 2.22. The number of aromatic nitrogens is 3. The minimum atomic E-state index is -0.910. The molecule has 1 N–H and O–H groups in total. The van der Waals surface area contributed by atoms with Crippen LogP contribution in [0.4, 0.5) is 4.79 Å². The molecule has 0 atom stereocenters. The van der Waals surface area contributed by atoms with Crippen molar-refractivity contribution in [1.29, 1.82) is 0 Å². The van der Waals surface area contributed by atoms with Crippen LogP contribution in [0.2, 0.25) is 5.02 Å². The number of carbonyl (C=O) groups excluding carboxylic acids is 2. The van der Waals surface area contributed by atoms with E-state index in [-0.39, 0.29) is 12.5 Å². The van der Waals surface area contributed by atoms with Crippen LogP contribution in [0, 0.1) is 13.8 Å². The summed E-state index contributed by atoms with van der Waals surface area (Å²) in [7, 11) is 0. The fraction of sp³-hybridized carbons (Fsp3) is 0.375. The van der Waals surface area contributed by atoms with Gasteiger partial charge in [0.25, 0.3) is 5.91 Å². The number of carbonyl (C=O) groups is 2. The molecule has 7 nitrogen and oxygen atoms in total. The number of benzene rings is 1. The molecule has 0 bridgehead atoms.